The zero-order chi connectivity index (χ0) is 14.5. The van der Waals surface area contributed by atoms with Crippen molar-refractivity contribution in [2.45, 2.75) is 46.1 Å². The van der Waals surface area contributed by atoms with Crippen molar-refractivity contribution in [3.63, 3.8) is 0 Å². The molecule has 1 N–H and O–H groups in total. The van der Waals surface area contributed by atoms with E-state index >= 15 is 0 Å². The van der Waals surface area contributed by atoms with Crippen LogP contribution in [0.3, 0.4) is 0 Å². The Hall–Kier alpha value is -1.35. The Morgan fingerprint density at radius 2 is 1.79 bits per heavy atom. The average molecular weight is 263 g/mol. The molecule has 3 nitrogen and oxygen atoms in total. The number of likely N-dealkylation sites (N-methyl/N-ethyl adjacent to an activating group) is 1. The molecule has 3 heteroatoms. The lowest BCUT2D eigenvalue weighted by atomic mass is 9.86. The molecule has 0 spiro atoms. The van der Waals surface area contributed by atoms with Gasteiger partial charge >= 0.3 is 5.97 Å². The highest BCUT2D eigenvalue weighted by molar-refractivity contribution is 5.77. The van der Waals surface area contributed by atoms with Gasteiger partial charge in [-0.25, -0.2) is 4.79 Å². The molecule has 19 heavy (non-hydrogen) atoms. The first-order valence-electron chi connectivity index (χ1n) is 6.90. The molecule has 0 aliphatic rings. The van der Waals surface area contributed by atoms with Crippen LogP contribution < -0.4 is 5.32 Å². The van der Waals surface area contributed by atoms with Gasteiger partial charge in [0.1, 0.15) is 6.04 Å². The summed E-state index contributed by atoms with van der Waals surface area (Å²) in [5, 5.41) is 3.17. The zero-order valence-corrected chi connectivity index (χ0v) is 12.6. The van der Waals surface area contributed by atoms with Crippen molar-refractivity contribution in [1.82, 2.24) is 5.32 Å². The maximum atomic E-state index is 11.9. The minimum atomic E-state index is -0.376. The van der Waals surface area contributed by atoms with E-state index in [2.05, 4.69) is 38.2 Å². The second-order valence-electron chi connectivity index (χ2n) is 5.61. The molecule has 0 aromatic heterocycles. The highest BCUT2D eigenvalue weighted by Crippen LogP contribution is 2.24. The van der Waals surface area contributed by atoms with E-state index in [4.69, 9.17) is 4.74 Å². The van der Waals surface area contributed by atoms with Crippen molar-refractivity contribution < 1.29 is 9.53 Å². The standard InChI is InChI=1S/C16H25NO2/c1-6-17-14(15(18)19-7-2)12-8-10-13(11-9-12)16(3,4)5/h8-11,14,17H,6-7H2,1-5H3. The highest BCUT2D eigenvalue weighted by Gasteiger charge is 2.21. The predicted octanol–water partition coefficient (Wildman–Crippen LogP) is 3.20. The Morgan fingerprint density at radius 1 is 1.21 bits per heavy atom. The quantitative estimate of drug-likeness (QED) is 0.829. The molecule has 0 saturated heterocycles. The van der Waals surface area contributed by atoms with E-state index < -0.39 is 0 Å². The fourth-order valence-electron chi connectivity index (χ4n) is 1.94. The molecule has 0 amide bonds. The van der Waals surface area contributed by atoms with Crippen molar-refractivity contribution >= 4 is 5.97 Å². The number of hydrogen-bond donors (Lipinski definition) is 1. The van der Waals surface area contributed by atoms with Gasteiger partial charge in [0.15, 0.2) is 0 Å². The van der Waals surface area contributed by atoms with Crippen LogP contribution in [0.5, 0.6) is 0 Å². The molecule has 0 fully saturated rings. The lowest BCUT2D eigenvalue weighted by Crippen LogP contribution is -2.30. The number of carbonyl (C=O) groups excluding carboxylic acids is 1. The molecule has 1 unspecified atom stereocenters. The molecule has 1 aromatic rings. The average Bonchev–Trinajstić information content (AvgIpc) is 2.35. The first kappa shape index (κ1) is 15.7. The van der Waals surface area contributed by atoms with E-state index in [1.165, 1.54) is 5.56 Å². The fourth-order valence-corrected chi connectivity index (χ4v) is 1.94. The molecule has 0 saturated carbocycles. The number of carbonyl (C=O) groups is 1. The van der Waals surface area contributed by atoms with E-state index in [1.807, 2.05) is 26.0 Å². The maximum absolute atomic E-state index is 11.9. The van der Waals surface area contributed by atoms with Crippen molar-refractivity contribution in [2.24, 2.45) is 0 Å². The summed E-state index contributed by atoms with van der Waals surface area (Å²) in [6, 6.07) is 7.80. The lowest BCUT2D eigenvalue weighted by Gasteiger charge is -2.21. The van der Waals surface area contributed by atoms with Gasteiger partial charge in [-0.1, -0.05) is 52.0 Å². The molecule has 0 aliphatic heterocycles. The monoisotopic (exact) mass is 263 g/mol. The van der Waals surface area contributed by atoms with Crippen LogP contribution in [0.15, 0.2) is 24.3 Å². The first-order valence-corrected chi connectivity index (χ1v) is 6.90. The number of rotatable bonds is 5. The molecule has 0 heterocycles. The van der Waals surface area contributed by atoms with Crippen LogP contribution in [0.1, 0.15) is 51.8 Å². The van der Waals surface area contributed by atoms with Gasteiger partial charge in [-0.3, -0.25) is 0 Å². The van der Waals surface area contributed by atoms with Crippen LogP contribution >= 0.6 is 0 Å². The number of hydrogen-bond acceptors (Lipinski definition) is 3. The second kappa shape index (κ2) is 6.71. The molecule has 0 aliphatic carbocycles. The Labute approximate surface area is 116 Å². The van der Waals surface area contributed by atoms with Crippen LogP contribution in [0.4, 0.5) is 0 Å². The molecular formula is C16H25NO2. The maximum Gasteiger partial charge on any atom is 0.327 e. The van der Waals surface area contributed by atoms with Gasteiger partial charge in [-0.15, -0.1) is 0 Å². The summed E-state index contributed by atoms with van der Waals surface area (Å²) < 4.78 is 5.11. The second-order valence-corrected chi connectivity index (χ2v) is 5.61. The molecular weight excluding hydrogens is 238 g/mol. The summed E-state index contributed by atoms with van der Waals surface area (Å²) in [7, 11) is 0. The normalized spacial score (nSPS) is 13.1. The molecule has 0 bridgehead atoms. The van der Waals surface area contributed by atoms with Gasteiger partial charge in [0.25, 0.3) is 0 Å². The minimum Gasteiger partial charge on any atom is -0.465 e. The summed E-state index contributed by atoms with van der Waals surface area (Å²) in [4.78, 5) is 11.9. The molecule has 1 rings (SSSR count). The fraction of sp³-hybridized carbons (Fsp3) is 0.562. The van der Waals surface area contributed by atoms with Gasteiger partial charge in [0.2, 0.25) is 0 Å². The predicted molar refractivity (Wildman–Crippen MR) is 78.2 cm³/mol. The van der Waals surface area contributed by atoms with Crippen LogP contribution in [-0.2, 0) is 14.9 Å². The third kappa shape index (κ3) is 4.35. The van der Waals surface area contributed by atoms with Crippen LogP contribution in [0.2, 0.25) is 0 Å². The SMILES string of the molecule is CCNC(C(=O)OCC)c1ccc(C(C)(C)C)cc1. The number of esters is 1. The van der Waals surface area contributed by atoms with E-state index in [1.54, 1.807) is 0 Å². The van der Waals surface area contributed by atoms with Crippen LogP contribution in [0.25, 0.3) is 0 Å². The van der Waals surface area contributed by atoms with Gasteiger partial charge < -0.3 is 10.1 Å². The van der Waals surface area contributed by atoms with Crippen molar-refractivity contribution in [3.05, 3.63) is 35.4 Å². The summed E-state index contributed by atoms with van der Waals surface area (Å²) >= 11 is 0. The van der Waals surface area contributed by atoms with E-state index in [-0.39, 0.29) is 17.4 Å². The molecule has 0 radical (unpaired) electrons. The molecule has 1 atom stereocenters. The Bertz CT molecular complexity index is 404. The number of nitrogens with one attached hydrogen (secondary N) is 1. The van der Waals surface area contributed by atoms with E-state index in [9.17, 15) is 4.79 Å². The summed E-state index contributed by atoms with van der Waals surface area (Å²) in [6.07, 6.45) is 0. The van der Waals surface area contributed by atoms with Gasteiger partial charge in [0.05, 0.1) is 6.61 Å². The van der Waals surface area contributed by atoms with Crippen LogP contribution in [-0.4, -0.2) is 19.1 Å². The first-order chi connectivity index (χ1) is 8.90. The minimum absolute atomic E-state index is 0.121. The third-order valence-electron chi connectivity index (χ3n) is 3.04. The van der Waals surface area contributed by atoms with Crippen LogP contribution in [0, 0.1) is 0 Å². The third-order valence-corrected chi connectivity index (χ3v) is 3.04. The van der Waals surface area contributed by atoms with Crippen molar-refractivity contribution in [2.75, 3.05) is 13.2 Å². The molecule has 1 aromatic carbocycles. The molecule has 106 valence electrons. The van der Waals surface area contributed by atoms with E-state index in [0.29, 0.717) is 6.61 Å². The van der Waals surface area contributed by atoms with Crippen molar-refractivity contribution in [3.8, 4) is 0 Å². The Morgan fingerprint density at radius 3 is 2.21 bits per heavy atom. The topological polar surface area (TPSA) is 38.3 Å². The summed E-state index contributed by atoms with van der Waals surface area (Å²) in [5.74, 6) is -0.215. The van der Waals surface area contributed by atoms with Gasteiger partial charge in [-0.05, 0) is 30.0 Å². The summed E-state index contributed by atoms with van der Waals surface area (Å²) in [6.45, 7) is 11.5. The van der Waals surface area contributed by atoms with Gasteiger partial charge in [0, 0.05) is 0 Å². The number of ether oxygens (including phenoxy) is 1. The highest BCUT2D eigenvalue weighted by atomic mass is 16.5. The smallest absolute Gasteiger partial charge is 0.327 e. The van der Waals surface area contributed by atoms with Crippen molar-refractivity contribution in [1.29, 1.82) is 0 Å². The zero-order valence-electron chi connectivity index (χ0n) is 12.6. The number of benzene rings is 1. The largest absolute Gasteiger partial charge is 0.465 e. The van der Waals surface area contributed by atoms with E-state index in [0.717, 1.165) is 12.1 Å². The Kier molecular flexibility index (Phi) is 5.55. The Balaban J connectivity index is 2.94. The summed E-state index contributed by atoms with van der Waals surface area (Å²) in [5.41, 5.74) is 2.33. The lowest BCUT2D eigenvalue weighted by molar-refractivity contribution is -0.145. The van der Waals surface area contributed by atoms with Gasteiger partial charge in [-0.2, -0.15) is 0 Å².